The summed E-state index contributed by atoms with van der Waals surface area (Å²) in [5.41, 5.74) is 9.57. The van der Waals surface area contributed by atoms with Gasteiger partial charge in [0.2, 0.25) is 17.7 Å². The Morgan fingerprint density at radius 2 is 1.49 bits per heavy atom. The first kappa shape index (κ1) is 31.3. The lowest BCUT2D eigenvalue weighted by molar-refractivity contribution is -0.149. The third-order valence-corrected chi connectivity index (χ3v) is 8.18. The van der Waals surface area contributed by atoms with E-state index in [1.54, 1.807) is 12.1 Å². The van der Waals surface area contributed by atoms with Gasteiger partial charge in [-0.15, -0.1) is 0 Å². The van der Waals surface area contributed by atoms with E-state index >= 15 is 0 Å². The van der Waals surface area contributed by atoms with Gasteiger partial charge in [0.1, 0.15) is 23.9 Å². The van der Waals surface area contributed by atoms with Gasteiger partial charge < -0.3 is 36.5 Å². The molecular weight excluding hydrogens is 574 g/mol. The predicted octanol–water partition coefficient (Wildman–Crippen LogP) is 2.27. The molecule has 3 amide bonds. The van der Waals surface area contributed by atoms with E-state index in [2.05, 4.69) is 15.6 Å². The average molecular weight is 612 g/mol. The molecule has 3 aromatic carbocycles. The molecule has 7 N–H and O–H groups in total. The average Bonchev–Trinajstić information content (AvgIpc) is 3.70. The molecule has 0 bridgehead atoms. The first-order chi connectivity index (χ1) is 21.7. The number of para-hydroxylation sites is 1. The summed E-state index contributed by atoms with van der Waals surface area (Å²) in [6.07, 6.45) is 3.10. The Kier molecular flexibility index (Phi) is 9.79. The molecule has 0 aliphatic carbocycles. The maximum atomic E-state index is 13.9. The van der Waals surface area contributed by atoms with E-state index in [1.165, 1.54) is 17.0 Å². The lowest BCUT2D eigenvalue weighted by Crippen LogP contribution is -2.58. The summed E-state index contributed by atoms with van der Waals surface area (Å²) in [5.74, 6) is -2.71. The fourth-order valence-electron chi connectivity index (χ4n) is 5.80. The van der Waals surface area contributed by atoms with Crippen molar-refractivity contribution in [2.75, 3.05) is 6.54 Å². The number of aromatic amines is 1. The SMILES string of the molecule is NC(Cc1c[nH]c2ccccc12)C(=O)NC(Cc1ccccc1)C(=O)NC(Cc1ccc(O)cc1)C(=O)N1CCCC1C(=O)O. The van der Waals surface area contributed by atoms with Crippen LogP contribution in [-0.2, 0) is 38.4 Å². The number of nitrogens with two attached hydrogens (primary N) is 1. The van der Waals surface area contributed by atoms with Gasteiger partial charge in [0.05, 0.1) is 6.04 Å². The monoisotopic (exact) mass is 611 g/mol. The minimum absolute atomic E-state index is 0.0470. The zero-order chi connectivity index (χ0) is 31.9. The van der Waals surface area contributed by atoms with E-state index < -0.39 is 47.9 Å². The molecular formula is C34H37N5O6. The van der Waals surface area contributed by atoms with Crippen LogP contribution in [0.4, 0.5) is 0 Å². The topological polar surface area (TPSA) is 178 Å². The van der Waals surface area contributed by atoms with Crippen molar-refractivity contribution in [2.24, 2.45) is 5.73 Å². The van der Waals surface area contributed by atoms with Gasteiger partial charge in [0.15, 0.2) is 0 Å². The third-order valence-electron chi connectivity index (χ3n) is 8.18. The molecule has 1 saturated heterocycles. The Balaban J connectivity index is 1.36. The van der Waals surface area contributed by atoms with Crippen molar-refractivity contribution < 1.29 is 29.4 Å². The van der Waals surface area contributed by atoms with E-state index in [0.29, 0.717) is 18.4 Å². The molecule has 2 heterocycles. The number of nitrogens with zero attached hydrogens (tertiary/aromatic N) is 1. The summed E-state index contributed by atoms with van der Waals surface area (Å²) >= 11 is 0. The van der Waals surface area contributed by atoms with Crippen LogP contribution in [0, 0.1) is 0 Å². The Bertz CT molecular complexity index is 1650. The highest BCUT2D eigenvalue weighted by Gasteiger charge is 2.38. The van der Waals surface area contributed by atoms with Gasteiger partial charge in [-0.1, -0.05) is 60.7 Å². The lowest BCUT2D eigenvalue weighted by atomic mass is 10.0. The predicted molar refractivity (Wildman–Crippen MR) is 168 cm³/mol. The zero-order valence-electron chi connectivity index (χ0n) is 24.7. The second-order valence-electron chi connectivity index (χ2n) is 11.4. The van der Waals surface area contributed by atoms with Gasteiger partial charge in [-0.25, -0.2) is 4.79 Å². The van der Waals surface area contributed by atoms with Gasteiger partial charge in [-0.05, 0) is 54.2 Å². The van der Waals surface area contributed by atoms with Crippen molar-refractivity contribution in [1.29, 1.82) is 0 Å². The van der Waals surface area contributed by atoms with Gasteiger partial charge >= 0.3 is 5.97 Å². The van der Waals surface area contributed by atoms with Crippen LogP contribution >= 0.6 is 0 Å². The van der Waals surface area contributed by atoms with Crippen LogP contribution in [0.25, 0.3) is 10.9 Å². The van der Waals surface area contributed by atoms with Crippen LogP contribution < -0.4 is 16.4 Å². The van der Waals surface area contributed by atoms with Crippen LogP contribution in [0.1, 0.15) is 29.5 Å². The second kappa shape index (κ2) is 14.1. The standard InChI is InChI=1S/C34H37N5O6/c35-26(19-23-20-36-27-10-5-4-9-25(23)27)31(41)37-28(17-21-7-2-1-3-8-21)32(42)38-29(18-22-12-14-24(40)15-13-22)33(43)39-16-6-11-30(39)34(44)45/h1-5,7-10,12-15,20,26,28-30,36,40H,6,11,16-19,35H2,(H,37,41)(H,38,42)(H,44,45). The van der Waals surface area contributed by atoms with Gasteiger partial charge in [0, 0.05) is 36.5 Å². The van der Waals surface area contributed by atoms with Crippen molar-refractivity contribution in [1.82, 2.24) is 20.5 Å². The zero-order valence-corrected chi connectivity index (χ0v) is 24.7. The van der Waals surface area contributed by atoms with Gasteiger partial charge in [0.25, 0.3) is 0 Å². The molecule has 1 aliphatic rings. The number of H-pyrrole nitrogens is 1. The molecule has 0 spiro atoms. The molecule has 234 valence electrons. The number of aromatic hydroxyl groups is 1. The number of benzene rings is 3. The largest absolute Gasteiger partial charge is 0.508 e. The second-order valence-corrected chi connectivity index (χ2v) is 11.4. The Morgan fingerprint density at radius 3 is 2.22 bits per heavy atom. The Labute approximate surface area is 260 Å². The van der Waals surface area contributed by atoms with Crippen LogP contribution in [0.15, 0.2) is 85.1 Å². The molecule has 5 rings (SSSR count). The molecule has 4 atom stereocenters. The number of likely N-dealkylation sites (tertiary alicyclic amines) is 1. The van der Waals surface area contributed by atoms with Gasteiger partial charge in [-0.3, -0.25) is 14.4 Å². The summed E-state index contributed by atoms with van der Waals surface area (Å²) in [6, 6.07) is 18.9. The van der Waals surface area contributed by atoms with Crippen molar-refractivity contribution in [3.05, 3.63) is 102 Å². The number of carbonyl (C=O) groups is 4. The van der Waals surface area contributed by atoms with Crippen LogP contribution in [-0.4, -0.2) is 74.5 Å². The number of amides is 3. The first-order valence-corrected chi connectivity index (χ1v) is 15.0. The number of carboxylic acids is 1. The number of rotatable bonds is 12. The van der Waals surface area contributed by atoms with E-state index in [0.717, 1.165) is 22.0 Å². The van der Waals surface area contributed by atoms with Crippen molar-refractivity contribution in [3.8, 4) is 5.75 Å². The normalized spacial score (nSPS) is 16.6. The van der Waals surface area contributed by atoms with E-state index in [-0.39, 0.29) is 31.6 Å². The molecule has 11 heteroatoms. The number of phenolic OH excluding ortho intramolecular Hbond substituents is 1. The number of aliphatic carboxylic acids is 1. The third kappa shape index (κ3) is 7.68. The molecule has 4 aromatic rings. The molecule has 4 unspecified atom stereocenters. The van der Waals surface area contributed by atoms with Crippen molar-refractivity contribution in [3.63, 3.8) is 0 Å². The van der Waals surface area contributed by atoms with Crippen molar-refractivity contribution in [2.45, 2.75) is 56.3 Å². The minimum atomic E-state index is -1.11. The maximum Gasteiger partial charge on any atom is 0.326 e. The van der Waals surface area contributed by atoms with Gasteiger partial charge in [-0.2, -0.15) is 0 Å². The Hall–Kier alpha value is -5.16. The molecule has 11 nitrogen and oxygen atoms in total. The highest BCUT2D eigenvalue weighted by molar-refractivity contribution is 5.95. The molecule has 1 aliphatic heterocycles. The van der Waals surface area contributed by atoms with E-state index in [9.17, 15) is 29.4 Å². The highest BCUT2D eigenvalue weighted by Crippen LogP contribution is 2.21. The number of aromatic nitrogens is 1. The quantitative estimate of drug-likeness (QED) is 0.142. The number of nitrogens with one attached hydrogen (secondary N) is 3. The lowest BCUT2D eigenvalue weighted by Gasteiger charge is -2.29. The smallest absolute Gasteiger partial charge is 0.326 e. The maximum absolute atomic E-state index is 13.9. The molecule has 1 fully saturated rings. The summed E-state index contributed by atoms with van der Waals surface area (Å²) in [7, 11) is 0. The fourth-order valence-corrected chi connectivity index (χ4v) is 5.80. The van der Waals surface area contributed by atoms with Crippen LogP contribution in [0.3, 0.4) is 0 Å². The molecule has 45 heavy (non-hydrogen) atoms. The molecule has 0 radical (unpaired) electrons. The number of carboxylic acid groups (broad SMARTS) is 1. The fraction of sp³-hybridized carbons (Fsp3) is 0.294. The van der Waals surface area contributed by atoms with E-state index in [1.807, 2.05) is 60.8 Å². The van der Waals surface area contributed by atoms with Crippen LogP contribution in [0.2, 0.25) is 0 Å². The number of fused-ring (bicyclic) bond motifs is 1. The summed E-state index contributed by atoms with van der Waals surface area (Å²) < 4.78 is 0. The summed E-state index contributed by atoms with van der Waals surface area (Å²) in [5, 5.41) is 26.0. The minimum Gasteiger partial charge on any atom is -0.508 e. The summed E-state index contributed by atoms with van der Waals surface area (Å²) in [4.78, 5) is 57.4. The van der Waals surface area contributed by atoms with Crippen LogP contribution in [0.5, 0.6) is 5.75 Å². The first-order valence-electron chi connectivity index (χ1n) is 15.0. The van der Waals surface area contributed by atoms with E-state index in [4.69, 9.17) is 5.73 Å². The number of hydrogen-bond donors (Lipinski definition) is 6. The van der Waals surface area contributed by atoms with Crippen molar-refractivity contribution >= 4 is 34.6 Å². The number of carbonyl (C=O) groups excluding carboxylic acids is 3. The highest BCUT2D eigenvalue weighted by atomic mass is 16.4. The number of phenols is 1. The number of hydrogen-bond acceptors (Lipinski definition) is 6. The molecule has 0 saturated carbocycles. The molecule has 1 aromatic heterocycles. The summed E-state index contributed by atoms with van der Waals surface area (Å²) in [6.45, 7) is 0.255. The Morgan fingerprint density at radius 1 is 0.844 bits per heavy atom.